The second-order valence-corrected chi connectivity index (χ2v) is 13.2. The van der Waals surface area contributed by atoms with E-state index >= 15 is 0 Å². The second kappa shape index (κ2) is 79.4. The van der Waals surface area contributed by atoms with E-state index in [0.717, 1.165) is 76.8 Å². The normalized spacial score (nSPS) is 24.8. The third kappa shape index (κ3) is 52.4. The first-order chi connectivity index (χ1) is 27.4. The van der Waals surface area contributed by atoms with Gasteiger partial charge in [-0.15, -0.1) is 0 Å². The summed E-state index contributed by atoms with van der Waals surface area (Å²) < 4.78 is 23.5. The van der Waals surface area contributed by atoms with Crippen LogP contribution in [-0.4, -0.2) is 40.0 Å². The van der Waals surface area contributed by atoms with Gasteiger partial charge >= 0.3 is 0 Å². The van der Waals surface area contributed by atoms with Crippen molar-refractivity contribution in [2.45, 2.75) is 242 Å². The average Bonchev–Trinajstić information content (AvgIpc) is 3.27. The number of rotatable bonds is 6. The van der Waals surface area contributed by atoms with Crippen molar-refractivity contribution in [3.8, 4) is 0 Å². The Morgan fingerprint density at radius 2 is 0.552 bits per heavy atom. The van der Waals surface area contributed by atoms with Crippen molar-refractivity contribution in [3.05, 3.63) is 13.8 Å². The molecule has 0 N–H and O–H groups in total. The summed E-state index contributed by atoms with van der Waals surface area (Å²) in [6.07, 6.45) is 16.4. The van der Waals surface area contributed by atoms with E-state index < -0.39 is 0 Å². The van der Waals surface area contributed by atoms with Crippen LogP contribution in [0.3, 0.4) is 0 Å². The van der Waals surface area contributed by atoms with Crippen LogP contribution in [0, 0.1) is 61.2 Å². The molecule has 358 valence electrons. The van der Waals surface area contributed by atoms with E-state index in [9.17, 15) is 0 Å². The van der Waals surface area contributed by atoms with Gasteiger partial charge in [-0.05, 0) is 86.9 Å². The van der Waals surface area contributed by atoms with E-state index in [-0.39, 0.29) is 65.4 Å². The van der Waals surface area contributed by atoms with Crippen LogP contribution in [0.25, 0.3) is 0 Å². The Morgan fingerprint density at radius 1 is 0.362 bits per heavy atom. The average molecular weight is 985 g/mol. The van der Waals surface area contributed by atoms with Crippen molar-refractivity contribution in [1.29, 1.82) is 0 Å². The first kappa shape index (κ1) is 83.6. The first-order valence-electron chi connectivity index (χ1n) is 25.3. The van der Waals surface area contributed by atoms with Crippen LogP contribution in [0.4, 0.5) is 0 Å². The summed E-state index contributed by atoms with van der Waals surface area (Å²) in [5, 5.41) is 0. The monoisotopic (exact) mass is 985 g/mol. The third-order valence-electron chi connectivity index (χ3n) is 10.1. The van der Waals surface area contributed by atoms with Crippen LogP contribution in [0.15, 0.2) is 0 Å². The summed E-state index contributed by atoms with van der Waals surface area (Å²) in [5.74, 6) is 5.57. The Kier molecular flexibility index (Phi) is 114. The van der Waals surface area contributed by atoms with Crippen molar-refractivity contribution in [2.75, 3.05) is 40.0 Å². The zero-order valence-electron chi connectivity index (χ0n) is 45.0. The standard InChI is InChI=1S/C36H70O4.8C2H6.2Y/c1-9-17-35-31(7)21-15-25-39-28-40-26-16-22-32(8)36(18-10-2)34(12-4)30(6)20-14-24-38-27-37-23-13-19-29(5)33(35)11-3;8*1-2;;/h29-36H,3-4,9-28H2,1-2,5-8H3;8*1-2H3;;/q-2;;;;;;;;;;. The molecule has 4 nitrogen and oxygen atoms in total. The Hall–Kier alpha value is 2.05. The van der Waals surface area contributed by atoms with Crippen molar-refractivity contribution in [3.63, 3.8) is 0 Å². The summed E-state index contributed by atoms with van der Waals surface area (Å²) in [7, 11) is 0. The molecule has 0 spiro atoms. The summed E-state index contributed by atoms with van der Waals surface area (Å²) in [6, 6.07) is 0. The van der Waals surface area contributed by atoms with Crippen LogP contribution >= 0.6 is 0 Å². The van der Waals surface area contributed by atoms with E-state index in [1.165, 1.54) is 51.4 Å². The molecule has 8 atom stereocenters. The SMILES string of the molecule is CC.CC.CC.CC.CC.CC.CC.CC.[CH2-]CC1C(C)CCCOCOCCCC(C)C(C[CH2-])C(CCC)C(C)CCCOCOCCCC(C)C1CCC.[Y].[Y]. The molecule has 1 fully saturated rings. The maximum Gasteiger partial charge on any atom is 0.146 e. The van der Waals surface area contributed by atoms with Gasteiger partial charge in [0, 0.05) is 91.8 Å². The molecule has 1 saturated heterocycles. The molecule has 0 aromatic heterocycles. The van der Waals surface area contributed by atoms with Gasteiger partial charge in [0.05, 0.1) is 0 Å². The summed E-state index contributed by atoms with van der Waals surface area (Å²) >= 11 is 0. The molecule has 2 radical (unpaired) electrons. The van der Waals surface area contributed by atoms with Gasteiger partial charge in [0.1, 0.15) is 13.6 Å². The smallest absolute Gasteiger partial charge is 0.146 e. The maximum absolute atomic E-state index is 5.88. The van der Waals surface area contributed by atoms with Crippen LogP contribution < -0.4 is 0 Å². The minimum atomic E-state index is 0. The molecule has 6 heteroatoms. The molecule has 1 aliphatic rings. The van der Waals surface area contributed by atoms with Gasteiger partial charge in [-0.2, -0.15) is 12.8 Å². The van der Waals surface area contributed by atoms with Gasteiger partial charge in [-0.1, -0.05) is 190 Å². The largest absolute Gasteiger partial charge is 0.355 e. The molecule has 1 aliphatic heterocycles. The predicted molar refractivity (Wildman–Crippen MR) is 262 cm³/mol. The van der Waals surface area contributed by atoms with Crippen molar-refractivity contribution >= 4 is 0 Å². The van der Waals surface area contributed by atoms with E-state index in [1.54, 1.807) is 0 Å². The second-order valence-electron chi connectivity index (χ2n) is 13.2. The summed E-state index contributed by atoms with van der Waals surface area (Å²) in [4.78, 5) is 0. The Labute approximate surface area is 424 Å². The minimum Gasteiger partial charge on any atom is -0.355 e. The van der Waals surface area contributed by atoms with Gasteiger partial charge in [-0.3, -0.25) is 0 Å². The third-order valence-corrected chi connectivity index (χ3v) is 10.1. The van der Waals surface area contributed by atoms with E-state index in [0.29, 0.717) is 49.1 Å². The molecule has 0 aliphatic carbocycles. The molecule has 0 amide bonds. The number of hydrogen-bond donors (Lipinski definition) is 0. The molecular weight excluding hydrogens is 866 g/mol. The molecule has 0 aromatic carbocycles. The Balaban J connectivity index is -0.000000142. The predicted octanol–water partition coefficient (Wildman–Crippen LogP) is 18.4. The van der Waals surface area contributed by atoms with Crippen molar-refractivity contribution < 1.29 is 84.4 Å². The fourth-order valence-electron chi connectivity index (χ4n) is 7.59. The number of hydrogen-bond acceptors (Lipinski definition) is 4. The van der Waals surface area contributed by atoms with Gasteiger partial charge in [-0.25, -0.2) is 0 Å². The fraction of sp³-hybridized carbons (Fsp3) is 0.962. The van der Waals surface area contributed by atoms with Crippen LogP contribution in [0.5, 0.6) is 0 Å². The quantitative estimate of drug-likeness (QED) is 0.249. The van der Waals surface area contributed by atoms with E-state index in [2.05, 4.69) is 55.4 Å². The van der Waals surface area contributed by atoms with Crippen LogP contribution in [-0.2, 0) is 84.4 Å². The minimum absolute atomic E-state index is 0. The Morgan fingerprint density at radius 3 is 0.724 bits per heavy atom. The molecule has 0 bridgehead atoms. The topological polar surface area (TPSA) is 36.9 Å². The first-order valence-corrected chi connectivity index (χ1v) is 25.3. The van der Waals surface area contributed by atoms with Gasteiger partial charge in [0.2, 0.25) is 0 Å². The molecule has 58 heavy (non-hydrogen) atoms. The Bertz CT molecular complexity index is 523. The molecular formula is C52H118O4Y2-2. The number of ether oxygens (including phenoxy) is 4. The van der Waals surface area contributed by atoms with Crippen molar-refractivity contribution in [1.82, 2.24) is 0 Å². The summed E-state index contributed by atoms with van der Waals surface area (Å²) in [6.45, 7) is 59.2. The van der Waals surface area contributed by atoms with Gasteiger partial charge in [0.15, 0.2) is 0 Å². The molecule has 1 heterocycles. The summed E-state index contributed by atoms with van der Waals surface area (Å²) in [5.41, 5.74) is 0. The zero-order chi connectivity index (χ0) is 45.6. The van der Waals surface area contributed by atoms with Crippen LogP contribution in [0.1, 0.15) is 242 Å². The zero-order valence-corrected chi connectivity index (χ0v) is 50.6. The van der Waals surface area contributed by atoms with Crippen molar-refractivity contribution in [2.24, 2.45) is 47.3 Å². The van der Waals surface area contributed by atoms with Crippen LogP contribution in [0.2, 0.25) is 0 Å². The van der Waals surface area contributed by atoms with E-state index in [4.69, 9.17) is 18.9 Å². The molecule has 8 unspecified atom stereocenters. The molecule has 0 aromatic rings. The maximum atomic E-state index is 5.88. The fourth-order valence-corrected chi connectivity index (χ4v) is 7.59. The molecule has 1 rings (SSSR count). The molecule has 0 saturated carbocycles. The van der Waals surface area contributed by atoms with Gasteiger partial charge in [0.25, 0.3) is 0 Å². The van der Waals surface area contributed by atoms with E-state index in [1.807, 2.05) is 111 Å². The van der Waals surface area contributed by atoms with Gasteiger partial charge < -0.3 is 32.8 Å².